The Balaban J connectivity index is 1.70. The molecule has 0 N–H and O–H groups in total. The fourth-order valence-electron chi connectivity index (χ4n) is 2.32. The zero-order chi connectivity index (χ0) is 18.0. The second-order valence-corrected chi connectivity index (χ2v) is 5.60. The summed E-state index contributed by atoms with van der Waals surface area (Å²) in [7, 11) is 0. The zero-order valence-corrected chi connectivity index (χ0v) is 13.2. The summed E-state index contributed by atoms with van der Waals surface area (Å²) in [4.78, 5) is 15.2. The normalized spacial score (nSPS) is 11.7. The Morgan fingerprint density at radius 2 is 1.88 bits per heavy atom. The van der Waals surface area contributed by atoms with E-state index in [0.717, 1.165) is 11.1 Å². The summed E-state index contributed by atoms with van der Waals surface area (Å²) in [6.07, 6.45) is -2.31. The van der Waals surface area contributed by atoms with Gasteiger partial charge in [-0.3, -0.25) is 4.79 Å². The Labute approximate surface area is 140 Å². The second-order valence-electron chi connectivity index (χ2n) is 5.60. The number of aromatic nitrogens is 3. The molecule has 2 heterocycles. The lowest BCUT2D eigenvalue weighted by atomic mass is 10.1. The Kier molecular flexibility index (Phi) is 4.43. The summed E-state index contributed by atoms with van der Waals surface area (Å²) < 4.78 is 43.3. The molecule has 8 heteroatoms. The molecule has 25 heavy (non-hydrogen) atoms. The van der Waals surface area contributed by atoms with Gasteiger partial charge in [0.1, 0.15) is 0 Å². The van der Waals surface area contributed by atoms with E-state index in [1.54, 1.807) is 41.1 Å². The van der Waals surface area contributed by atoms with E-state index in [-0.39, 0.29) is 11.4 Å². The minimum absolute atomic E-state index is 0.0666. The van der Waals surface area contributed by atoms with E-state index in [0.29, 0.717) is 18.5 Å². The fourth-order valence-corrected chi connectivity index (χ4v) is 2.32. The summed E-state index contributed by atoms with van der Waals surface area (Å²) in [5.74, 6) is -1.49. The lowest BCUT2D eigenvalue weighted by Gasteiger charge is -2.06. The average Bonchev–Trinajstić information content (AvgIpc) is 3.05. The highest BCUT2D eigenvalue weighted by Crippen LogP contribution is 2.29. The standard InChI is InChI=1S/C17H14F3N3O2/c1-11-6-8-23(14(24)10-11)9-7-12-2-4-13(5-3-12)15-21-16(25-22-15)17(18,19)20/h2-6,8,10H,7,9H2,1H3. The second kappa shape index (κ2) is 6.54. The Morgan fingerprint density at radius 3 is 2.48 bits per heavy atom. The molecule has 0 atom stereocenters. The van der Waals surface area contributed by atoms with Gasteiger partial charge in [-0.1, -0.05) is 29.4 Å². The first-order valence-electron chi connectivity index (χ1n) is 7.50. The van der Waals surface area contributed by atoms with Gasteiger partial charge in [0, 0.05) is 24.4 Å². The van der Waals surface area contributed by atoms with Crippen LogP contribution in [-0.2, 0) is 19.1 Å². The first-order valence-corrected chi connectivity index (χ1v) is 7.50. The molecule has 2 aromatic heterocycles. The third-order valence-electron chi connectivity index (χ3n) is 3.67. The minimum atomic E-state index is -4.66. The summed E-state index contributed by atoms with van der Waals surface area (Å²) >= 11 is 0. The van der Waals surface area contributed by atoms with Crippen LogP contribution in [0, 0.1) is 6.92 Å². The molecule has 0 spiro atoms. The van der Waals surface area contributed by atoms with Crippen LogP contribution >= 0.6 is 0 Å². The van der Waals surface area contributed by atoms with E-state index >= 15 is 0 Å². The van der Waals surface area contributed by atoms with E-state index in [2.05, 4.69) is 14.7 Å². The summed E-state index contributed by atoms with van der Waals surface area (Å²) in [6.45, 7) is 2.37. The molecule has 0 bridgehead atoms. The first kappa shape index (κ1) is 16.9. The molecule has 0 saturated carbocycles. The van der Waals surface area contributed by atoms with E-state index < -0.39 is 12.1 Å². The molecule has 5 nitrogen and oxygen atoms in total. The Bertz CT molecular complexity index is 927. The van der Waals surface area contributed by atoms with Gasteiger partial charge in [-0.25, -0.2) is 0 Å². The van der Waals surface area contributed by atoms with Crippen LogP contribution in [0.4, 0.5) is 13.2 Å². The van der Waals surface area contributed by atoms with Crippen molar-refractivity contribution >= 4 is 0 Å². The molecule has 0 saturated heterocycles. The van der Waals surface area contributed by atoms with E-state index in [1.165, 1.54) is 0 Å². The number of hydrogen-bond acceptors (Lipinski definition) is 4. The van der Waals surface area contributed by atoms with E-state index in [4.69, 9.17) is 0 Å². The highest BCUT2D eigenvalue weighted by molar-refractivity contribution is 5.54. The molecule has 0 aliphatic carbocycles. The van der Waals surface area contributed by atoms with Crippen molar-refractivity contribution in [3.63, 3.8) is 0 Å². The minimum Gasteiger partial charge on any atom is -0.329 e. The first-order chi connectivity index (χ1) is 11.8. The van der Waals surface area contributed by atoms with Crippen LogP contribution in [0.2, 0.25) is 0 Å². The molecule has 0 aliphatic rings. The number of aryl methyl sites for hydroxylation is 3. The van der Waals surface area contributed by atoms with Crippen LogP contribution in [0.3, 0.4) is 0 Å². The molecule has 130 valence electrons. The van der Waals surface area contributed by atoms with Crippen molar-refractivity contribution in [3.05, 3.63) is 70.0 Å². The third-order valence-corrected chi connectivity index (χ3v) is 3.67. The number of pyridine rings is 1. The Morgan fingerprint density at radius 1 is 1.16 bits per heavy atom. The van der Waals surface area contributed by atoms with Crippen molar-refractivity contribution in [3.8, 4) is 11.4 Å². The highest BCUT2D eigenvalue weighted by Gasteiger charge is 2.38. The van der Waals surface area contributed by atoms with Crippen LogP contribution in [0.15, 0.2) is 51.9 Å². The third kappa shape index (κ3) is 3.96. The summed E-state index contributed by atoms with van der Waals surface area (Å²) in [6, 6.07) is 10.2. The number of hydrogen-bond donors (Lipinski definition) is 0. The van der Waals surface area contributed by atoms with Crippen LogP contribution in [0.1, 0.15) is 17.0 Å². The number of nitrogens with zero attached hydrogens (tertiary/aromatic N) is 3. The average molecular weight is 349 g/mol. The van der Waals surface area contributed by atoms with Gasteiger partial charge in [0.2, 0.25) is 5.82 Å². The maximum Gasteiger partial charge on any atom is 0.471 e. The topological polar surface area (TPSA) is 60.9 Å². The van der Waals surface area contributed by atoms with Gasteiger partial charge in [-0.05, 0) is 30.5 Å². The van der Waals surface area contributed by atoms with Crippen molar-refractivity contribution in [1.29, 1.82) is 0 Å². The molecule has 3 aromatic rings. The number of benzene rings is 1. The molecule has 1 aromatic carbocycles. The molecule has 0 fully saturated rings. The molecule has 0 unspecified atom stereocenters. The number of alkyl halides is 3. The van der Waals surface area contributed by atoms with Crippen molar-refractivity contribution in [2.24, 2.45) is 0 Å². The van der Waals surface area contributed by atoms with Gasteiger partial charge >= 0.3 is 12.1 Å². The van der Waals surface area contributed by atoms with Gasteiger partial charge in [0.25, 0.3) is 5.56 Å². The molecule has 0 radical (unpaired) electrons. The van der Waals surface area contributed by atoms with Gasteiger partial charge in [0.15, 0.2) is 0 Å². The summed E-state index contributed by atoms with van der Waals surface area (Å²) in [5.41, 5.74) is 2.21. The molecular formula is C17H14F3N3O2. The van der Waals surface area contributed by atoms with Gasteiger partial charge in [-0.15, -0.1) is 0 Å². The van der Waals surface area contributed by atoms with Gasteiger partial charge in [-0.2, -0.15) is 18.2 Å². The molecule has 0 aliphatic heterocycles. The smallest absolute Gasteiger partial charge is 0.329 e. The van der Waals surface area contributed by atoms with E-state index in [1.807, 2.05) is 13.0 Å². The quantitative estimate of drug-likeness (QED) is 0.724. The predicted octanol–water partition coefficient (Wildman–Crippen LogP) is 3.47. The van der Waals surface area contributed by atoms with Crippen molar-refractivity contribution < 1.29 is 17.7 Å². The predicted molar refractivity (Wildman–Crippen MR) is 83.9 cm³/mol. The van der Waals surface area contributed by atoms with Crippen molar-refractivity contribution in [2.75, 3.05) is 0 Å². The lowest BCUT2D eigenvalue weighted by Crippen LogP contribution is -2.19. The van der Waals surface area contributed by atoms with Crippen LogP contribution in [-0.4, -0.2) is 14.7 Å². The van der Waals surface area contributed by atoms with Crippen LogP contribution < -0.4 is 5.56 Å². The summed E-state index contributed by atoms with van der Waals surface area (Å²) in [5, 5.41) is 3.34. The lowest BCUT2D eigenvalue weighted by molar-refractivity contribution is -0.159. The van der Waals surface area contributed by atoms with E-state index in [9.17, 15) is 18.0 Å². The van der Waals surface area contributed by atoms with Crippen LogP contribution in [0.5, 0.6) is 0 Å². The Hall–Kier alpha value is -2.90. The maximum atomic E-state index is 12.5. The number of halogens is 3. The highest BCUT2D eigenvalue weighted by atomic mass is 19.4. The molecule has 3 rings (SSSR count). The fraction of sp³-hybridized carbons (Fsp3) is 0.235. The largest absolute Gasteiger partial charge is 0.471 e. The zero-order valence-electron chi connectivity index (χ0n) is 13.2. The van der Waals surface area contributed by atoms with Gasteiger partial charge < -0.3 is 9.09 Å². The maximum absolute atomic E-state index is 12.5. The van der Waals surface area contributed by atoms with Crippen molar-refractivity contribution in [2.45, 2.75) is 26.1 Å². The molecule has 0 amide bonds. The van der Waals surface area contributed by atoms with Crippen molar-refractivity contribution in [1.82, 2.24) is 14.7 Å². The van der Waals surface area contributed by atoms with Crippen LogP contribution in [0.25, 0.3) is 11.4 Å². The monoisotopic (exact) mass is 349 g/mol. The SMILES string of the molecule is Cc1ccn(CCc2ccc(-c3noc(C(F)(F)F)n3)cc2)c(=O)c1. The number of rotatable bonds is 4. The molecular weight excluding hydrogens is 335 g/mol. The van der Waals surface area contributed by atoms with Gasteiger partial charge in [0.05, 0.1) is 0 Å².